The van der Waals surface area contributed by atoms with Gasteiger partial charge in [0, 0.05) is 26.2 Å². The Labute approximate surface area is 163 Å². The van der Waals surface area contributed by atoms with Crippen LogP contribution in [-0.4, -0.2) is 49.0 Å². The van der Waals surface area contributed by atoms with Crippen LogP contribution in [0.4, 0.5) is 15.8 Å². The van der Waals surface area contributed by atoms with E-state index in [9.17, 15) is 14.0 Å². The predicted octanol–water partition coefficient (Wildman–Crippen LogP) is 2.90. The zero-order chi connectivity index (χ0) is 20.1. The van der Waals surface area contributed by atoms with E-state index in [0.717, 1.165) is 0 Å². The molecule has 1 N–H and O–H groups in total. The van der Waals surface area contributed by atoms with Crippen LogP contribution in [0.15, 0.2) is 48.5 Å². The van der Waals surface area contributed by atoms with Gasteiger partial charge in [0.25, 0.3) is 0 Å². The number of hydrogen-bond donors (Lipinski definition) is 1. The van der Waals surface area contributed by atoms with Gasteiger partial charge < -0.3 is 19.9 Å². The Bertz CT molecular complexity index is 848. The Morgan fingerprint density at radius 3 is 2.32 bits per heavy atom. The third-order valence-corrected chi connectivity index (χ3v) is 4.45. The molecular formula is C21H24FN3O3. The van der Waals surface area contributed by atoms with E-state index in [1.54, 1.807) is 42.5 Å². The number of anilines is 2. The van der Waals surface area contributed by atoms with Gasteiger partial charge in [-0.3, -0.25) is 9.59 Å². The third-order valence-electron chi connectivity index (χ3n) is 4.45. The highest BCUT2D eigenvalue weighted by Crippen LogP contribution is 2.25. The average molecular weight is 385 g/mol. The monoisotopic (exact) mass is 385 g/mol. The molecule has 0 atom stereocenters. The molecule has 0 unspecified atom stereocenters. The Kier molecular flexibility index (Phi) is 6.13. The van der Waals surface area contributed by atoms with Gasteiger partial charge in [-0.25, -0.2) is 4.39 Å². The molecule has 0 saturated carbocycles. The van der Waals surface area contributed by atoms with E-state index < -0.39 is 11.8 Å². The summed E-state index contributed by atoms with van der Waals surface area (Å²) in [6.45, 7) is 5.41. The van der Waals surface area contributed by atoms with Gasteiger partial charge in [-0.2, -0.15) is 0 Å². The molecule has 6 nitrogen and oxygen atoms in total. The largest absolute Gasteiger partial charge is 0.489 e. The van der Waals surface area contributed by atoms with E-state index in [4.69, 9.17) is 4.74 Å². The predicted molar refractivity (Wildman–Crippen MR) is 106 cm³/mol. The van der Waals surface area contributed by atoms with Crippen molar-refractivity contribution in [1.82, 2.24) is 4.90 Å². The smallest absolute Gasteiger partial charge is 0.314 e. The van der Waals surface area contributed by atoms with Crippen molar-refractivity contribution in [2.75, 3.05) is 36.4 Å². The number of rotatable bonds is 4. The van der Waals surface area contributed by atoms with E-state index in [0.29, 0.717) is 43.3 Å². The average Bonchev–Trinajstić information content (AvgIpc) is 2.69. The minimum Gasteiger partial charge on any atom is -0.489 e. The second-order valence-electron chi connectivity index (χ2n) is 6.85. The minimum atomic E-state index is -0.709. The SMILES string of the molecule is CC(C)Oc1ccccc1NC(=O)C(=O)N1CCN(c2ccccc2F)CC1. The van der Waals surface area contributed by atoms with Gasteiger partial charge in [0.1, 0.15) is 11.6 Å². The van der Waals surface area contributed by atoms with Crippen molar-refractivity contribution in [3.63, 3.8) is 0 Å². The molecule has 0 aliphatic carbocycles. The number of carbonyl (C=O) groups is 2. The lowest BCUT2D eigenvalue weighted by molar-refractivity contribution is -0.143. The molecule has 1 saturated heterocycles. The Balaban J connectivity index is 1.60. The highest BCUT2D eigenvalue weighted by molar-refractivity contribution is 6.39. The van der Waals surface area contributed by atoms with Gasteiger partial charge in [0.2, 0.25) is 0 Å². The summed E-state index contributed by atoms with van der Waals surface area (Å²) >= 11 is 0. The number of benzene rings is 2. The van der Waals surface area contributed by atoms with Crippen molar-refractivity contribution in [2.45, 2.75) is 20.0 Å². The van der Waals surface area contributed by atoms with Crippen LogP contribution in [0.5, 0.6) is 5.75 Å². The lowest BCUT2D eigenvalue weighted by atomic mass is 10.2. The summed E-state index contributed by atoms with van der Waals surface area (Å²) in [6.07, 6.45) is -0.0554. The first-order valence-corrected chi connectivity index (χ1v) is 9.31. The molecule has 0 bridgehead atoms. The molecule has 1 heterocycles. The standard InChI is InChI=1S/C21H24FN3O3/c1-15(2)28-19-10-6-4-8-17(19)23-20(26)21(27)25-13-11-24(12-14-25)18-9-5-3-7-16(18)22/h3-10,15H,11-14H2,1-2H3,(H,23,26). The summed E-state index contributed by atoms with van der Waals surface area (Å²) < 4.78 is 19.6. The number of para-hydroxylation sites is 3. The number of amides is 2. The summed E-state index contributed by atoms with van der Waals surface area (Å²) in [5.41, 5.74) is 0.971. The van der Waals surface area contributed by atoms with E-state index in [1.807, 2.05) is 18.7 Å². The third kappa shape index (κ3) is 4.60. The van der Waals surface area contributed by atoms with E-state index in [2.05, 4.69) is 5.32 Å². The van der Waals surface area contributed by atoms with Crippen molar-refractivity contribution in [1.29, 1.82) is 0 Å². The van der Waals surface area contributed by atoms with Crippen LogP contribution in [0.25, 0.3) is 0 Å². The summed E-state index contributed by atoms with van der Waals surface area (Å²) in [5.74, 6) is -1.09. The Morgan fingerprint density at radius 1 is 1.00 bits per heavy atom. The fourth-order valence-electron chi connectivity index (χ4n) is 3.10. The van der Waals surface area contributed by atoms with E-state index in [-0.39, 0.29) is 11.9 Å². The number of piperazine rings is 1. The van der Waals surface area contributed by atoms with Gasteiger partial charge in [-0.05, 0) is 38.1 Å². The number of nitrogens with zero attached hydrogens (tertiary/aromatic N) is 2. The molecule has 0 radical (unpaired) electrons. The van der Waals surface area contributed by atoms with Crippen LogP contribution in [0, 0.1) is 5.82 Å². The molecule has 3 rings (SSSR count). The van der Waals surface area contributed by atoms with Crippen molar-refractivity contribution in [3.05, 3.63) is 54.3 Å². The first kappa shape index (κ1) is 19.7. The van der Waals surface area contributed by atoms with Gasteiger partial charge >= 0.3 is 11.8 Å². The van der Waals surface area contributed by atoms with Crippen molar-refractivity contribution < 1.29 is 18.7 Å². The molecule has 0 spiro atoms. The summed E-state index contributed by atoms with van der Waals surface area (Å²) in [4.78, 5) is 28.3. The van der Waals surface area contributed by atoms with Crippen LogP contribution in [0.3, 0.4) is 0 Å². The maximum absolute atomic E-state index is 13.9. The second kappa shape index (κ2) is 8.73. The summed E-state index contributed by atoms with van der Waals surface area (Å²) in [6, 6.07) is 13.6. The number of carbonyl (C=O) groups excluding carboxylic acids is 2. The van der Waals surface area contributed by atoms with Crippen molar-refractivity contribution in [3.8, 4) is 5.75 Å². The van der Waals surface area contributed by atoms with Crippen LogP contribution in [0.2, 0.25) is 0 Å². The van der Waals surface area contributed by atoms with Crippen molar-refractivity contribution >= 4 is 23.2 Å². The normalized spacial score (nSPS) is 14.1. The highest BCUT2D eigenvalue weighted by Gasteiger charge is 2.27. The summed E-state index contributed by atoms with van der Waals surface area (Å²) in [5, 5.41) is 2.64. The lowest BCUT2D eigenvalue weighted by Crippen LogP contribution is -2.51. The molecule has 2 amide bonds. The topological polar surface area (TPSA) is 61.9 Å². The lowest BCUT2D eigenvalue weighted by Gasteiger charge is -2.35. The number of halogens is 1. The number of nitrogens with one attached hydrogen (secondary N) is 1. The first-order valence-electron chi connectivity index (χ1n) is 9.31. The number of hydrogen-bond acceptors (Lipinski definition) is 4. The second-order valence-corrected chi connectivity index (χ2v) is 6.85. The van der Waals surface area contributed by atoms with Gasteiger partial charge in [-0.15, -0.1) is 0 Å². The van der Waals surface area contributed by atoms with Gasteiger partial charge in [-0.1, -0.05) is 24.3 Å². The molecule has 1 aliphatic heterocycles. The quantitative estimate of drug-likeness (QED) is 0.822. The highest BCUT2D eigenvalue weighted by atomic mass is 19.1. The molecule has 2 aromatic carbocycles. The Hall–Kier alpha value is -3.09. The molecule has 28 heavy (non-hydrogen) atoms. The summed E-state index contributed by atoms with van der Waals surface area (Å²) in [7, 11) is 0. The van der Waals surface area contributed by atoms with Crippen LogP contribution in [-0.2, 0) is 9.59 Å². The van der Waals surface area contributed by atoms with E-state index in [1.165, 1.54) is 11.0 Å². The maximum Gasteiger partial charge on any atom is 0.314 e. The van der Waals surface area contributed by atoms with Crippen LogP contribution < -0.4 is 15.0 Å². The zero-order valence-corrected chi connectivity index (χ0v) is 16.0. The molecule has 0 aromatic heterocycles. The molecule has 148 valence electrons. The molecular weight excluding hydrogens is 361 g/mol. The molecule has 7 heteroatoms. The first-order chi connectivity index (χ1) is 13.5. The maximum atomic E-state index is 13.9. The van der Waals surface area contributed by atoms with E-state index >= 15 is 0 Å². The Morgan fingerprint density at radius 2 is 1.64 bits per heavy atom. The molecule has 2 aromatic rings. The van der Waals surface area contributed by atoms with Crippen LogP contribution in [0.1, 0.15) is 13.8 Å². The minimum absolute atomic E-state index is 0.0554. The van der Waals surface area contributed by atoms with Gasteiger partial charge in [0.15, 0.2) is 0 Å². The van der Waals surface area contributed by atoms with Crippen LogP contribution >= 0.6 is 0 Å². The van der Waals surface area contributed by atoms with Crippen molar-refractivity contribution in [2.24, 2.45) is 0 Å². The van der Waals surface area contributed by atoms with Gasteiger partial charge in [0.05, 0.1) is 17.5 Å². The zero-order valence-electron chi connectivity index (χ0n) is 16.0. The number of ether oxygens (including phenoxy) is 1. The molecule has 1 aliphatic rings. The fourth-order valence-corrected chi connectivity index (χ4v) is 3.10. The molecule has 1 fully saturated rings. The fraction of sp³-hybridized carbons (Fsp3) is 0.333.